The number of carboxylic acids is 1. The van der Waals surface area contributed by atoms with Gasteiger partial charge in [0.05, 0.1) is 19.5 Å². The van der Waals surface area contributed by atoms with E-state index in [4.69, 9.17) is 9.84 Å². The van der Waals surface area contributed by atoms with Crippen LogP contribution in [0.15, 0.2) is 67.0 Å². The molecular formula is C23H25N3O4. The van der Waals surface area contributed by atoms with Crippen molar-refractivity contribution >= 4 is 11.9 Å². The molecule has 2 aromatic carbocycles. The van der Waals surface area contributed by atoms with E-state index in [0.717, 1.165) is 16.7 Å². The van der Waals surface area contributed by atoms with E-state index in [1.165, 1.54) is 0 Å². The van der Waals surface area contributed by atoms with Crippen molar-refractivity contribution in [2.24, 2.45) is 0 Å². The Kier molecular flexibility index (Phi) is 7.60. The molecule has 0 fully saturated rings. The number of nitrogens with one attached hydrogen (secondary N) is 1. The number of aryl methyl sites for hydroxylation is 1. The molecule has 0 radical (unpaired) electrons. The molecule has 1 aromatic heterocycles. The lowest BCUT2D eigenvalue weighted by Gasteiger charge is -2.14. The minimum atomic E-state index is -0.852. The average Bonchev–Trinajstić information content (AvgIpc) is 3.24. The van der Waals surface area contributed by atoms with Gasteiger partial charge in [0.15, 0.2) is 0 Å². The number of carboxylic acid groups (broad SMARTS) is 1. The van der Waals surface area contributed by atoms with Crippen LogP contribution in [0.3, 0.4) is 0 Å². The highest BCUT2D eigenvalue weighted by molar-refractivity contribution is 5.78. The molecule has 1 heterocycles. The number of aromatic nitrogens is 2. The monoisotopic (exact) mass is 407 g/mol. The van der Waals surface area contributed by atoms with Crippen molar-refractivity contribution in [3.05, 3.63) is 83.7 Å². The third kappa shape index (κ3) is 6.77. The van der Waals surface area contributed by atoms with Gasteiger partial charge in [0.25, 0.3) is 0 Å². The van der Waals surface area contributed by atoms with Crippen molar-refractivity contribution in [2.75, 3.05) is 13.2 Å². The summed E-state index contributed by atoms with van der Waals surface area (Å²) in [6, 6.07) is 17.2. The van der Waals surface area contributed by atoms with Crippen molar-refractivity contribution in [1.29, 1.82) is 0 Å². The number of carbonyl (C=O) groups excluding carboxylic acids is 1. The van der Waals surface area contributed by atoms with Crippen molar-refractivity contribution in [2.45, 2.75) is 25.8 Å². The second kappa shape index (κ2) is 10.8. The minimum absolute atomic E-state index is 0.0304. The van der Waals surface area contributed by atoms with E-state index in [1.807, 2.05) is 60.8 Å². The number of carbonyl (C=O) groups is 2. The first-order chi connectivity index (χ1) is 14.6. The summed E-state index contributed by atoms with van der Waals surface area (Å²) in [4.78, 5) is 23.0. The summed E-state index contributed by atoms with van der Waals surface area (Å²) in [5.74, 6) is -0.281. The molecule has 0 aliphatic heterocycles. The van der Waals surface area contributed by atoms with Crippen LogP contribution in [0.1, 0.15) is 23.1 Å². The molecule has 156 valence electrons. The molecule has 3 aromatic rings. The van der Waals surface area contributed by atoms with Gasteiger partial charge in [-0.2, -0.15) is 5.10 Å². The van der Waals surface area contributed by atoms with Crippen LogP contribution in [0.2, 0.25) is 0 Å². The first-order valence-corrected chi connectivity index (χ1v) is 9.84. The second-order valence-corrected chi connectivity index (χ2v) is 6.90. The number of nitrogens with zero attached hydrogens (tertiary/aromatic N) is 2. The molecule has 0 bridgehead atoms. The molecule has 0 unspecified atom stereocenters. The van der Waals surface area contributed by atoms with Gasteiger partial charge in [0.1, 0.15) is 12.4 Å². The molecule has 0 atom stereocenters. The number of aliphatic carboxylic acids is 1. The molecule has 0 aliphatic rings. The third-order valence-corrected chi connectivity index (χ3v) is 4.53. The van der Waals surface area contributed by atoms with Crippen LogP contribution in [0.5, 0.6) is 5.75 Å². The molecule has 0 saturated heterocycles. The Hall–Kier alpha value is -3.61. The number of benzene rings is 2. The van der Waals surface area contributed by atoms with Gasteiger partial charge in [0, 0.05) is 18.8 Å². The van der Waals surface area contributed by atoms with E-state index >= 15 is 0 Å². The molecule has 0 spiro atoms. The minimum Gasteiger partial charge on any atom is -0.491 e. The molecule has 1 amide bonds. The van der Waals surface area contributed by atoms with Crippen LogP contribution in [-0.4, -0.2) is 39.9 Å². The Labute approximate surface area is 175 Å². The predicted molar refractivity (Wildman–Crippen MR) is 112 cm³/mol. The van der Waals surface area contributed by atoms with Gasteiger partial charge < -0.3 is 15.2 Å². The fraction of sp³-hybridized carbons (Fsp3) is 0.261. The topological polar surface area (TPSA) is 93.4 Å². The third-order valence-electron chi connectivity index (χ3n) is 4.53. The Balaban J connectivity index is 1.56. The number of ether oxygens (including phenoxy) is 1. The van der Waals surface area contributed by atoms with Crippen LogP contribution in [0, 0.1) is 0 Å². The smallest absolute Gasteiger partial charge is 0.303 e. The van der Waals surface area contributed by atoms with E-state index in [9.17, 15) is 9.59 Å². The zero-order valence-corrected chi connectivity index (χ0v) is 16.7. The summed E-state index contributed by atoms with van der Waals surface area (Å²) in [6.07, 6.45) is 4.33. The van der Waals surface area contributed by atoms with Crippen molar-refractivity contribution in [1.82, 2.24) is 15.1 Å². The van der Waals surface area contributed by atoms with Gasteiger partial charge in [0.2, 0.25) is 5.91 Å². The van der Waals surface area contributed by atoms with Crippen molar-refractivity contribution in [3.8, 4) is 5.75 Å². The number of hydrogen-bond donors (Lipinski definition) is 2. The maximum absolute atomic E-state index is 12.1. The average molecular weight is 407 g/mol. The summed E-state index contributed by atoms with van der Waals surface area (Å²) in [5.41, 5.74) is 2.79. The summed E-state index contributed by atoms with van der Waals surface area (Å²) < 4.78 is 7.70. The van der Waals surface area contributed by atoms with E-state index in [1.54, 1.807) is 10.9 Å². The first-order valence-electron chi connectivity index (χ1n) is 9.84. The lowest BCUT2D eigenvalue weighted by molar-refractivity contribution is -0.137. The molecular weight excluding hydrogens is 382 g/mol. The zero-order chi connectivity index (χ0) is 21.2. The lowest BCUT2D eigenvalue weighted by Crippen LogP contribution is -2.29. The predicted octanol–water partition coefficient (Wildman–Crippen LogP) is 2.69. The largest absolute Gasteiger partial charge is 0.491 e. The van der Waals surface area contributed by atoms with Crippen LogP contribution in [0.25, 0.3) is 0 Å². The fourth-order valence-electron chi connectivity index (χ4n) is 3.06. The van der Waals surface area contributed by atoms with Crippen LogP contribution in [0.4, 0.5) is 0 Å². The summed E-state index contributed by atoms with van der Waals surface area (Å²) in [7, 11) is 0. The Morgan fingerprint density at radius 3 is 2.63 bits per heavy atom. The highest BCUT2D eigenvalue weighted by Gasteiger charge is 2.09. The molecule has 3 rings (SSSR count). The fourth-order valence-corrected chi connectivity index (χ4v) is 3.06. The molecule has 30 heavy (non-hydrogen) atoms. The number of hydrogen-bond acceptors (Lipinski definition) is 4. The van der Waals surface area contributed by atoms with Gasteiger partial charge in [-0.1, -0.05) is 42.5 Å². The van der Waals surface area contributed by atoms with Crippen LogP contribution in [-0.2, 0) is 29.0 Å². The quantitative estimate of drug-likeness (QED) is 0.477. The molecule has 7 nitrogen and oxygen atoms in total. The maximum atomic E-state index is 12.1. The highest BCUT2D eigenvalue weighted by atomic mass is 16.5. The van der Waals surface area contributed by atoms with Gasteiger partial charge in [-0.05, 0) is 35.2 Å². The molecule has 7 heteroatoms. The molecule has 0 saturated carbocycles. The standard InChI is InChI=1S/C23H25N3O4/c27-22(16-18-5-2-1-3-6-18)24-12-14-30-21-15-19(17-26-13-4-11-25-26)7-8-20(21)9-10-23(28)29/h1-8,11,13,15H,9-10,12,14,16-17H2,(H,24,27)(H,28,29). The highest BCUT2D eigenvalue weighted by Crippen LogP contribution is 2.23. The van der Waals surface area contributed by atoms with Gasteiger partial charge in [-0.25, -0.2) is 0 Å². The van der Waals surface area contributed by atoms with E-state index in [2.05, 4.69) is 10.4 Å². The SMILES string of the molecule is O=C(O)CCc1ccc(Cn2cccn2)cc1OCCNC(=O)Cc1ccccc1. The van der Waals surface area contributed by atoms with E-state index < -0.39 is 5.97 Å². The Bertz CT molecular complexity index is 956. The molecule has 0 aliphatic carbocycles. The van der Waals surface area contributed by atoms with Crippen molar-refractivity contribution in [3.63, 3.8) is 0 Å². The number of amides is 1. The summed E-state index contributed by atoms with van der Waals surface area (Å²) >= 11 is 0. The maximum Gasteiger partial charge on any atom is 0.303 e. The summed E-state index contributed by atoms with van der Waals surface area (Å²) in [6.45, 7) is 1.26. The normalized spacial score (nSPS) is 10.5. The lowest BCUT2D eigenvalue weighted by atomic mass is 10.1. The van der Waals surface area contributed by atoms with Crippen LogP contribution < -0.4 is 10.1 Å². The summed E-state index contributed by atoms with van der Waals surface area (Å²) in [5, 5.41) is 16.0. The van der Waals surface area contributed by atoms with E-state index in [-0.39, 0.29) is 12.3 Å². The Morgan fingerprint density at radius 1 is 1.07 bits per heavy atom. The molecule has 2 N–H and O–H groups in total. The zero-order valence-electron chi connectivity index (χ0n) is 16.7. The van der Waals surface area contributed by atoms with Crippen LogP contribution >= 0.6 is 0 Å². The van der Waals surface area contributed by atoms with Gasteiger partial charge >= 0.3 is 5.97 Å². The first kappa shape index (κ1) is 21.1. The van der Waals surface area contributed by atoms with Gasteiger partial charge in [-0.15, -0.1) is 0 Å². The number of rotatable bonds is 11. The van der Waals surface area contributed by atoms with E-state index in [0.29, 0.717) is 38.3 Å². The van der Waals surface area contributed by atoms with Gasteiger partial charge in [-0.3, -0.25) is 14.3 Å². The Morgan fingerprint density at radius 2 is 1.90 bits per heavy atom. The van der Waals surface area contributed by atoms with Crippen molar-refractivity contribution < 1.29 is 19.4 Å². The second-order valence-electron chi connectivity index (χ2n) is 6.90.